The van der Waals surface area contributed by atoms with Gasteiger partial charge in [0.05, 0.1) is 64.9 Å². The van der Waals surface area contributed by atoms with E-state index >= 15 is 0 Å². The van der Waals surface area contributed by atoms with Crippen LogP contribution in [0.4, 0.5) is 0 Å². The summed E-state index contributed by atoms with van der Waals surface area (Å²) in [7, 11) is -9.54. The first-order valence-electron chi connectivity index (χ1n) is 46.6. The predicted octanol–water partition coefficient (Wildman–Crippen LogP) is 17.0. The van der Waals surface area contributed by atoms with Crippen molar-refractivity contribution < 1.29 is 147 Å². The zero-order chi connectivity index (χ0) is 83.7. The Hall–Kier alpha value is -1.56. The minimum absolute atomic E-state index is 0. The van der Waals surface area contributed by atoms with Gasteiger partial charge in [0.15, 0.2) is 0 Å². The minimum atomic E-state index is -4.77. The summed E-state index contributed by atoms with van der Waals surface area (Å²) in [5, 5.41) is 11.1. The first-order chi connectivity index (χ1) is 55.4. The van der Waals surface area contributed by atoms with Crippen LogP contribution in [0, 0.1) is 5.92 Å². The number of unbranched alkanes of at least 4 members (excludes halogenated alkanes) is 40. The Morgan fingerprint density at radius 3 is 0.922 bits per heavy atom. The molecule has 0 radical (unpaired) electrons. The molecule has 0 saturated carbocycles. The van der Waals surface area contributed by atoms with Gasteiger partial charge in [-0.3, -0.25) is 46.9 Å². The number of ether oxygens (including phenoxy) is 4. The molecule has 0 saturated heterocycles. The molecule has 0 bridgehead atoms. The van der Waals surface area contributed by atoms with Crippen LogP contribution in [-0.2, 0) is 74.9 Å². The number of rotatable bonds is 88. The summed E-state index contributed by atoms with van der Waals surface area (Å²) in [5.74, 6) is -3.49. The number of nitrogens with one attached hydrogen (secondary N) is 4. The van der Waals surface area contributed by atoms with Crippen LogP contribution < -0.4 is 80.4 Å². The molecule has 0 fully saturated rings. The molecule has 22 nitrogen and oxygen atoms in total. The van der Waals surface area contributed by atoms with E-state index in [1.54, 1.807) is 0 Å². The zero-order valence-corrected chi connectivity index (χ0v) is 81.4. The first kappa shape index (κ1) is 119. The summed E-state index contributed by atoms with van der Waals surface area (Å²) in [5.41, 5.74) is 0. The van der Waals surface area contributed by atoms with Gasteiger partial charge in [-0.1, -0.05) is 310 Å². The second-order valence-corrected chi connectivity index (χ2v) is 34.6. The van der Waals surface area contributed by atoms with E-state index in [1.807, 2.05) is 6.92 Å². The fraction of sp³-hybridized carbons (Fsp3) is 0.889. The number of hydrogen-bond acceptors (Lipinski definition) is 16. The largest absolute Gasteiger partial charge is 1.00 e. The van der Waals surface area contributed by atoms with Gasteiger partial charge in [0.2, 0.25) is 23.6 Å². The molecular formula is C90H174N4Na2O18P2. The number of phosphoric acid groups is 2. The first-order valence-corrected chi connectivity index (χ1v) is 49.6. The Morgan fingerprint density at radius 2 is 0.595 bits per heavy atom. The number of carbonyl (C=O) groups is 6. The van der Waals surface area contributed by atoms with Crippen LogP contribution in [0.3, 0.4) is 0 Å². The normalized spacial score (nSPS) is 13.9. The zero-order valence-electron chi connectivity index (χ0n) is 77.6. The average Bonchev–Trinajstić information content (AvgIpc) is 0.894. The second kappa shape index (κ2) is 88.3. The summed E-state index contributed by atoms with van der Waals surface area (Å²) >= 11 is 0. The van der Waals surface area contributed by atoms with Crippen LogP contribution in [0.5, 0.6) is 0 Å². The van der Waals surface area contributed by atoms with Crippen molar-refractivity contribution in [1.82, 2.24) is 21.3 Å². The van der Waals surface area contributed by atoms with E-state index in [1.165, 1.54) is 141 Å². The van der Waals surface area contributed by atoms with E-state index < -0.39 is 71.9 Å². The predicted molar refractivity (Wildman–Crippen MR) is 466 cm³/mol. The molecule has 0 aliphatic heterocycles. The number of carbonyl (C=O) groups excluding carboxylic acids is 6. The van der Waals surface area contributed by atoms with Gasteiger partial charge in [-0.15, -0.1) is 0 Å². The van der Waals surface area contributed by atoms with Crippen LogP contribution in [0.25, 0.3) is 0 Å². The second-order valence-electron chi connectivity index (χ2n) is 31.7. The van der Waals surface area contributed by atoms with Gasteiger partial charge in [0.1, 0.15) is 18.1 Å². The number of esters is 2. The van der Waals surface area contributed by atoms with Crippen molar-refractivity contribution in [3.63, 3.8) is 0 Å². The molecule has 4 amide bonds. The van der Waals surface area contributed by atoms with Crippen molar-refractivity contribution >= 4 is 51.2 Å². The average molecular weight is 1710 g/mol. The smallest absolute Gasteiger partial charge is 1.00 e. The van der Waals surface area contributed by atoms with Gasteiger partial charge >= 0.3 is 86.7 Å². The minimum Gasteiger partial charge on any atom is -1.00 e. The fourth-order valence-corrected chi connectivity index (χ4v) is 15.1. The van der Waals surface area contributed by atoms with E-state index in [9.17, 15) is 47.7 Å². The fourth-order valence-electron chi connectivity index (χ4n) is 13.5. The molecule has 0 aromatic carbocycles. The molecule has 6 N–H and O–H groups in total. The molecule has 116 heavy (non-hydrogen) atoms. The van der Waals surface area contributed by atoms with Gasteiger partial charge in [-0.25, -0.2) is 9.13 Å². The third kappa shape index (κ3) is 80.8. The molecular weight excluding hydrogens is 1530 g/mol. The Balaban J connectivity index is -0.0000106. The molecule has 0 spiro atoms. The van der Waals surface area contributed by atoms with Crippen LogP contribution >= 0.6 is 15.6 Å². The molecule has 0 aliphatic rings. The SMILES string of the molecule is CCCCCC/C=C\CCCC(=O)O[C@H](CCCCCCC)CCOCC(COP(=O)(O)OCCNC(=O)C(CCCCC)C(=O)NCCOP(=O)(O)OCC(COCC[C@@H](CCCCCCC)OC(=O)CCC/C=C\CCCCCC)NC(=O)CCCCCCCCCCCCC)NC(=O)CCCCCCCCCCCCC.[H-].[H-].[Na+].[Na+]. The van der Waals surface area contributed by atoms with Crippen molar-refractivity contribution in [2.45, 2.75) is 445 Å². The van der Waals surface area contributed by atoms with Gasteiger partial charge in [0, 0.05) is 51.6 Å². The summed E-state index contributed by atoms with van der Waals surface area (Å²) in [6.45, 7) is 13.2. The number of amides is 4. The van der Waals surface area contributed by atoms with Gasteiger partial charge in [-0.2, -0.15) is 0 Å². The summed E-state index contributed by atoms with van der Waals surface area (Å²) in [6.07, 6.45) is 64.2. The number of hydrogen-bond donors (Lipinski definition) is 6. The molecule has 0 heterocycles. The topological polar surface area (TPSA) is 299 Å². The summed E-state index contributed by atoms with van der Waals surface area (Å²) in [4.78, 5) is 102. The van der Waals surface area contributed by atoms with Crippen molar-refractivity contribution in [1.29, 1.82) is 0 Å². The van der Waals surface area contributed by atoms with E-state index in [-0.39, 0.29) is 157 Å². The maximum absolute atomic E-state index is 13.7. The standard InChI is InChI=1S/C90H172N4O18P2.2Na.2H/c1-8-15-22-28-32-36-38-42-44-50-57-64-85(95)93-80(76-105-72-68-82(61-55-48-26-19-12-5)111-87(97)66-59-52-46-40-34-30-24-17-10-3)78-109-113(101,102)107-74-70-91-89(99)84(63-54-21-14-7)90(100)92-71-75-108-114(103,104)110-79-81(94-86(96)65-58-51-45-43-39-37-33-29-23-16-9-2)77-106-73-69-83(62-56-49-27-20-13-6)112-88(98)67-60-53-47-41-35-31-25-18-11-4;;;;/h40-41,46-47,80-84H,8-39,42-45,48-79H2,1-7H3,(H,91,99)(H,92,100)(H,93,95)(H,94,96)(H,101,102)(H,103,104);;;;/q;2*+1;2*-1/b46-40-,47-41-;;;;/t80?,81?,82-,83-,84?;;;;/m1..../s1. The maximum atomic E-state index is 13.7. The van der Waals surface area contributed by atoms with Crippen LogP contribution in [0.15, 0.2) is 24.3 Å². The third-order valence-corrected chi connectivity index (χ3v) is 22.6. The number of allylic oxidation sites excluding steroid dienone is 4. The summed E-state index contributed by atoms with van der Waals surface area (Å²) in [6, 6.07) is -1.66. The van der Waals surface area contributed by atoms with E-state index in [2.05, 4.69) is 87.1 Å². The van der Waals surface area contributed by atoms with Crippen LogP contribution in [0.1, 0.15) is 424 Å². The summed E-state index contributed by atoms with van der Waals surface area (Å²) < 4.78 is 72.5. The van der Waals surface area contributed by atoms with E-state index in [0.717, 1.165) is 141 Å². The molecule has 0 aliphatic carbocycles. The third-order valence-electron chi connectivity index (χ3n) is 20.6. The van der Waals surface area contributed by atoms with Crippen molar-refractivity contribution in [2.24, 2.45) is 5.92 Å². The van der Waals surface area contributed by atoms with Gasteiger partial charge in [-0.05, 0) is 96.3 Å². The van der Waals surface area contributed by atoms with Gasteiger partial charge in [0.25, 0.3) is 0 Å². The molecule has 0 aromatic rings. The Labute approximate surface area is 754 Å². The molecule has 0 rings (SSSR count). The quantitative estimate of drug-likeness (QED) is 0.00823. The Kier molecular flexibility index (Phi) is 90.3. The Bertz CT molecular complexity index is 2300. The van der Waals surface area contributed by atoms with Gasteiger partial charge < -0.3 is 52.9 Å². The number of phosphoric ester groups is 2. The van der Waals surface area contributed by atoms with Crippen LogP contribution in [-0.4, -0.2) is 136 Å². The van der Waals surface area contributed by atoms with Crippen LogP contribution in [0.2, 0.25) is 0 Å². The van der Waals surface area contributed by atoms with E-state index in [0.29, 0.717) is 70.6 Å². The van der Waals surface area contributed by atoms with Crippen molar-refractivity contribution in [2.75, 3.05) is 65.9 Å². The van der Waals surface area contributed by atoms with Crippen molar-refractivity contribution in [3.8, 4) is 0 Å². The monoisotopic (exact) mass is 1710 g/mol. The molecule has 0 aromatic heterocycles. The molecule has 4 unspecified atom stereocenters. The molecule has 26 heteroatoms. The van der Waals surface area contributed by atoms with Crippen molar-refractivity contribution in [3.05, 3.63) is 24.3 Å². The Morgan fingerprint density at radius 1 is 0.319 bits per heavy atom. The molecule has 674 valence electrons. The van der Waals surface area contributed by atoms with E-state index in [4.69, 9.17) is 37.0 Å². The maximum Gasteiger partial charge on any atom is 1.00 e. The molecule has 6 atom stereocenters.